The van der Waals surface area contributed by atoms with Crippen molar-refractivity contribution in [3.63, 3.8) is 0 Å². The highest BCUT2D eigenvalue weighted by molar-refractivity contribution is 5.70. The molecular formula is C17H25NO3. The lowest BCUT2D eigenvalue weighted by atomic mass is 10.2. The molecule has 0 aliphatic carbocycles. The van der Waals surface area contributed by atoms with Gasteiger partial charge in [0.1, 0.15) is 6.10 Å². The Morgan fingerprint density at radius 2 is 2.05 bits per heavy atom. The maximum Gasteiger partial charge on any atom is 0.306 e. The molecular weight excluding hydrogens is 266 g/mol. The van der Waals surface area contributed by atoms with E-state index in [0.717, 1.165) is 18.5 Å². The Balaban J connectivity index is 2.42. The molecule has 0 saturated carbocycles. The molecule has 1 aromatic rings. The van der Waals surface area contributed by atoms with Crippen LogP contribution in [0.15, 0.2) is 35.3 Å². The molecule has 0 fully saturated rings. The third-order valence-electron chi connectivity index (χ3n) is 3.08. The van der Waals surface area contributed by atoms with Crippen molar-refractivity contribution in [3.05, 3.63) is 30.3 Å². The Labute approximate surface area is 127 Å². The number of aliphatic imine (C=N–C) groups is 1. The van der Waals surface area contributed by atoms with Crippen LogP contribution in [0.4, 0.5) is 5.69 Å². The lowest BCUT2D eigenvalue weighted by Gasteiger charge is -2.17. The monoisotopic (exact) mass is 291 g/mol. The quantitative estimate of drug-likeness (QED) is 0.512. The van der Waals surface area contributed by atoms with E-state index in [9.17, 15) is 4.79 Å². The topological polar surface area (TPSA) is 47.9 Å². The molecule has 0 amide bonds. The summed E-state index contributed by atoms with van der Waals surface area (Å²) in [4.78, 5) is 15.9. The van der Waals surface area contributed by atoms with Gasteiger partial charge in [0, 0.05) is 26.2 Å². The third kappa shape index (κ3) is 7.61. The van der Waals surface area contributed by atoms with Crippen LogP contribution in [0.2, 0.25) is 0 Å². The zero-order chi connectivity index (χ0) is 15.5. The summed E-state index contributed by atoms with van der Waals surface area (Å²) in [6, 6.07) is 9.68. The number of methoxy groups -OCH3 is 1. The Morgan fingerprint density at radius 1 is 1.33 bits per heavy atom. The van der Waals surface area contributed by atoms with Gasteiger partial charge in [0.25, 0.3) is 0 Å². The van der Waals surface area contributed by atoms with E-state index in [-0.39, 0.29) is 18.2 Å². The van der Waals surface area contributed by atoms with Gasteiger partial charge < -0.3 is 9.47 Å². The summed E-state index contributed by atoms with van der Waals surface area (Å²) in [7, 11) is 1.63. The van der Waals surface area contributed by atoms with Crippen molar-refractivity contribution in [1.82, 2.24) is 0 Å². The number of carbonyl (C=O) groups is 1. The molecule has 0 aliphatic rings. The number of nitrogens with zero attached hydrogens (tertiary/aromatic N) is 1. The highest BCUT2D eigenvalue weighted by atomic mass is 16.5. The first-order valence-corrected chi connectivity index (χ1v) is 7.47. The Morgan fingerprint density at radius 3 is 2.67 bits per heavy atom. The van der Waals surface area contributed by atoms with Crippen LogP contribution in [0, 0.1) is 0 Å². The van der Waals surface area contributed by atoms with Crippen molar-refractivity contribution in [2.75, 3.05) is 7.11 Å². The lowest BCUT2D eigenvalue weighted by molar-refractivity contribution is -0.149. The molecule has 0 radical (unpaired) electrons. The van der Waals surface area contributed by atoms with E-state index < -0.39 is 0 Å². The average molecular weight is 291 g/mol. The van der Waals surface area contributed by atoms with E-state index >= 15 is 0 Å². The van der Waals surface area contributed by atoms with Gasteiger partial charge >= 0.3 is 5.97 Å². The van der Waals surface area contributed by atoms with Crippen molar-refractivity contribution < 1.29 is 14.3 Å². The molecule has 2 atom stereocenters. The number of para-hydroxylation sites is 1. The molecule has 4 nitrogen and oxygen atoms in total. The lowest BCUT2D eigenvalue weighted by Crippen LogP contribution is -2.23. The number of esters is 1. The standard InChI is InChI=1S/C17H25NO3/c1-4-5-11-17(19)21-14(2)12-16(20-3)13-18-15-9-7-6-8-10-15/h6-10,13-14,16H,4-5,11-12H2,1-3H3. The molecule has 0 N–H and O–H groups in total. The van der Waals surface area contributed by atoms with E-state index in [4.69, 9.17) is 9.47 Å². The van der Waals surface area contributed by atoms with Crippen LogP contribution in [0.25, 0.3) is 0 Å². The molecule has 0 aliphatic heterocycles. The smallest absolute Gasteiger partial charge is 0.306 e. The van der Waals surface area contributed by atoms with Crippen molar-refractivity contribution in [3.8, 4) is 0 Å². The van der Waals surface area contributed by atoms with E-state index in [1.165, 1.54) is 0 Å². The molecule has 4 heteroatoms. The summed E-state index contributed by atoms with van der Waals surface area (Å²) >= 11 is 0. The summed E-state index contributed by atoms with van der Waals surface area (Å²) in [5.74, 6) is -0.140. The molecule has 0 spiro atoms. The van der Waals surface area contributed by atoms with Gasteiger partial charge in [-0.3, -0.25) is 9.79 Å². The highest BCUT2D eigenvalue weighted by Gasteiger charge is 2.14. The fourth-order valence-electron chi connectivity index (χ4n) is 1.88. The van der Waals surface area contributed by atoms with Gasteiger partial charge in [-0.05, 0) is 25.5 Å². The van der Waals surface area contributed by atoms with E-state index in [1.807, 2.05) is 37.3 Å². The summed E-state index contributed by atoms with van der Waals surface area (Å²) in [5.41, 5.74) is 0.882. The maximum atomic E-state index is 11.6. The fraction of sp³-hybridized carbons (Fsp3) is 0.529. The second-order valence-electron chi connectivity index (χ2n) is 5.03. The second-order valence-corrected chi connectivity index (χ2v) is 5.03. The first-order valence-electron chi connectivity index (χ1n) is 7.47. The van der Waals surface area contributed by atoms with Crippen LogP contribution in [-0.2, 0) is 14.3 Å². The minimum absolute atomic E-state index is 0.140. The number of carbonyl (C=O) groups excluding carboxylic acids is 1. The second kappa shape index (κ2) is 10.1. The SMILES string of the molecule is CCCCC(=O)OC(C)CC(C=Nc1ccccc1)OC. The number of hydrogen-bond donors (Lipinski definition) is 0. The van der Waals surface area contributed by atoms with Crippen molar-refractivity contribution in [2.24, 2.45) is 4.99 Å². The van der Waals surface area contributed by atoms with Crippen LogP contribution >= 0.6 is 0 Å². The summed E-state index contributed by atoms with van der Waals surface area (Å²) < 4.78 is 10.7. The predicted molar refractivity (Wildman–Crippen MR) is 85.1 cm³/mol. The Kier molecular flexibility index (Phi) is 8.36. The van der Waals surface area contributed by atoms with Gasteiger partial charge in [0.2, 0.25) is 0 Å². The zero-order valence-corrected chi connectivity index (χ0v) is 13.1. The van der Waals surface area contributed by atoms with Crippen LogP contribution in [0.3, 0.4) is 0 Å². The van der Waals surface area contributed by atoms with Crippen molar-refractivity contribution in [2.45, 2.75) is 51.7 Å². The minimum Gasteiger partial charge on any atom is -0.463 e. The molecule has 2 unspecified atom stereocenters. The van der Waals surface area contributed by atoms with Gasteiger partial charge in [0.15, 0.2) is 0 Å². The van der Waals surface area contributed by atoms with Crippen LogP contribution in [0.1, 0.15) is 39.5 Å². The predicted octanol–water partition coefficient (Wildman–Crippen LogP) is 3.92. The van der Waals surface area contributed by atoms with Crippen molar-refractivity contribution in [1.29, 1.82) is 0 Å². The van der Waals surface area contributed by atoms with E-state index in [2.05, 4.69) is 11.9 Å². The molecule has 21 heavy (non-hydrogen) atoms. The van der Waals surface area contributed by atoms with Gasteiger partial charge in [-0.1, -0.05) is 31.5 Å². The van der Waals surface area contributed by atoms with Gasteiger partial charge in [-0.15, -0.1) is 0 Å². The number of ether oxygens (including phenoxy) is 2. The third-order valence-corrected chi connectivity index (χ3v) is 3.08. The molecule has 1 rings (SSSR count). The normalized spacial score (nSPS) is 14.0. The largest absolute Gasteiger partial charge is 0.463 e. The zero-order valence-electron chi connectivity index (χ0n) is 13.1. The maximum absolute atomic E-state index is 11.6. The fourth-order valence-corrected chi connectivity index (χ4v) is 1.88. The molecule has 116 valence electrons. The van der Waals surface area contributed by atoms with Crippen LogP contribution in [0.5, 0.6) is 0 Å². The van der Waals surface area contributed by atoms with Crippen molar-refractivity contribution >= 4 is 17.9 Å². The molecule has 0 heterocycles. The Bertz CT molecular complexity index is 431. The van der Waals surface area contributed by atoms with Gasteiger partial charge in [-0.25, -0.2) is 0 Å². The van der Waals surface area contributed by atoms with E-state index in [1.54, 1.807) is 13.3 Å². The number of unbranched alkanes of at least 4 members (excludes halogenated alkanes) is 1. The van der Waals surface area contributed by atoms with E-state index in [0.29, 0.717) is 12.8 Å². The summed E-state index contributed by atoms with van der Waals surface area (Å²) in [6.07, 6.45) is 4.36. The average Bonchev–Trinajstić information content (AvgIpc) is 2.50. The first kappa shape index (κ1) is 17.4. The number of hydrogen-bond acceptors (Lipinski definition) is 4. The molecule has 0 aromatic heterocycles. The molecule has 0 bridgehead atoms. The van der Waals surface area contributed by atoms with Gasteiger partial charge in [0.05, 0.1) is 11.8 Å². The highest BCUT2D eigenvalue weighted by Crippen LogP contribution is 2.11. The minimum atomic E-state index is -0.179. The van der Waals surface area contributed by atoms with Gasteiger partial charge in [-0.2, -0.15) is 0 Å². The Hall–Kier alpha value is -1.68. The number of rotatable bonds is 9. The van der Waals surface area contributed by atoms with Crippen LogP contribution in [-0.4, -0.2) is 31.5 Å². The molecule has 1 aromatic carbocycles. The molecule has 0 saturated heterocycles. The summed E-state index contributed by atoms with van der Waals surface area (Å²) in [5, 5.41) is 0. The number of benzene rings is 1. The first-order chi connectivity index (χ1) is 10.2. The summed E-state index contributed by atoms with van der Waals surface area (Å²) in [6.45, 7) is 3.93. The van der Waals surface area contributed by atoms with Crippen LogP contribution < -0.4 is 0 Å².